The molecule has 1 saturated carbocycles. The molecule has 0 spiro atoms. The average molecular weight is 244 g/mol. The fraction of sp³-hybridized carbons (Fsp3) is 0.467. The number of aromatic amines is 1. The first-order chi connectivity index (χ1) is 8.75. The number of aliphatic hydroxyl groups is 1. The minimum atomic E-state index is -0.0855. The Balaban J connectivity index is 1.85. The number of rotatable bonds is 2. The van der Waals surface area contributed by atoms with Crippen molar-refractivity contribution in [2.75, 3.05) is 11.9 Å². The van der Waals surface area contributed by atoms with Gasteiger partial charge in [0.2, 0.25) is 0 Å². The molecule has 0 atom stereocenters. The summed E-state index contributed by atoms with van der Waals surface area (Å²) >= 11 is 0. The van der Waals surface area contributed by atoms with Gasteiger partial charge in [-0.1, -0.05) is 18.2 Å². The van der Waals surface area contributed by atoms with Crippen LogP contribution in [-0.4, -0.2) is 29.3 Å². The molecule has 1 fully saturated rings. The number of hydrogen-bond acceptors (Lipinski definition) is 2. The van der Waals surface area contributed by atoms with Crippen molar-refractivity contribution in [2.24, 2.45) is 0 Å². The highest BCUT2D eigenvalue weighted by Crippen LogP contribution is 2.31. The van der Waals surface area contributed by atoms with Gasteiger partial charge in [0.1, 0.15) is 0 Å². The van der Waals surface area contributed by atoms with Crippen LogP contribution >= 0.6 is 0 Å². The molecule has 3 heteroatoms. The van der Waals surface area contributed by atoms with E-state index in [2.05, 4.69) is 47.4 Å². The van der Waals surface area contributed by atoms with Crippen molar-refractivity contribution in [1.29, 1.82) is 0 Å². The summed E-state index contributed by atoms with van der Waals surface area (Å²) in [4.78, 5) is 5.69. The number of aliphatic hydroxyl groups excluding tert-OH is 1. The van der Waals surface area contributed by atoms with E-state index in [0.717, 1.165) is 25.7 Å². The fourth-order valence-corrected chi connectivity index (χ4v) is 2.99. The molecular weight excluding hydrogens is 224 g/mol. The highest BCUT2D eigenvalue weighted by atomic mass is 16.3. The predicted octanol–water partition coefficient (Wildman–Crippen LogP) is 2.91. The number of benzene rings is 1. The molecular formula is C15H20N2O. The largest absolute Gasteiger partial charge is 0.393 e. The summed E-state index contributed by atoms with van der Waals surface area (Å²) in [6, 6.07) is 8.96. The molecule has 0 saturated heterocycles. The number of fused-ring (bicyclic) bond motifs is 1. The Morgan fingerprint density at radius 1 is 1.17 bits per heavy atom. The van der Waals surface area contributed by atoms with Crippen LogP contribution in [0, 0.1) is 0 Å². The van der Waals surface area contributed by atoms with Crippen molar-refractivity contribution >= 4 is 16.6 Å². The minimum absolute atomic E-state index is 0.0855. The lowest BCUT2D eigenvalue weighted by atomic mass is 9.92. The standard InChI is InChI=1S/C15H20N2O/c1-17(11-6-8-12(18)9-7-11)15-10-16-14-5-3-2-4-13(14)15/h2-5,10-12,16,18H,6-9H2,1H3. The van der Waals surface area contributed by atoms with Gasteiger partial charge in [-0.2, -0.15) is 0 Å². The summed E-state index contributed by atoms with van der Waals surface area (Å²) in [6.07, 6.45) is 6.02. The lowest BCUT2D eigenvalue weighted by molar-refractivity contribution is 0.122. The van der Waals surface area contributed by atoms with Crippen molar-refractivity contribution in [3.8, 4) is 0 Å². The van der Waals surface area contributed by atoms with Crippen LogP contribution in [0.2, 0.25) is 0 Å². The molecule has 1 heterocycles. The first kappa shape index (κ1) is 11.6. The molecule has 1 aromatic carbocycles. The summed E-state index contributed by atoms with van der Waals surface area (Å²) in [5.41, 5.74) is 2.46. The van der Waals surface area contributed by atoms with Crippen molar-refractivity contribution in [3.05, 3.63) is 30.5 Å². The van der Waals surface area contributed by atoms with Crippen LogP contribution in [0.3, 0.4) is 0 Å². The minimum Gasteiger partial charge on any atom is -0.393 e. The van der Waals surface area contributed by atoms with Crippen LogP contribution in [0.25, 0.3) is 10.9 Å². The molecule has 0 amide bonds. The van der Waals surface area contributed by atoms with Crippen molar-refractivity contribution in [1.82, 2.24) is 4.98 Å². The van der Waals surface area contributed by atoms with Gasteiger partial charge in [0.25, 0.3) is 0 Å². The molecule has 1 aromatic heterocycles. The smallest absolute Gasteiger partial charge is 0.0623 e. The Kier molecular flexibility index (Phi) is 3.00. The van der Waals surface area contributed by atoms with Crippen molar-refractivity contribution in [2.45, 2.75) is 37.8 Å². The maximum atomic E-state index is 9.59. The molecule has 1 aliphatic carbocycles. The third-order valence-corrected chi connectivity index (χ3v) is 4.16. The maximum Gasteiger partial charge on any atom is 0.0623 e. The molecule has 2 aromatic rings. The number of aromatic nitrogens is 1. The van der Waals surface area contributed by atoms with Gasteiger partial charge in [-0.15, -0.1) is 0 Å². The molecule has 0 radical (unpaired) electrons. The fourth-order valence-electron chi connectivity index (χ4n) is 2.99. The van der Waals surface area contributed by atoms with Crippen LogP contribution in [-0.2, 0) is 0 Å². The van der Waals surface area contributed by atoms with Gasteiger partial charge in [0, 0.05) is 30.2 Å². The SMILES string of the molecule is CN(c1c[nH]c2ccccc12)C1CCC(O)CC1. The van der Waals surface area contributed by atoms with Gasteiger partial charge >= 0.3 is 0 Å². The summed E-state index contributed by atoms with van der Waals surface area (Å²) in [5.74, 6) is 0. The quantitative estimate of drug-likeness (QED) is 0.852. The van der Waals surface area contributed by atoms with E-state index in [-0.39, 0.29) is 6.10 Å². The third-order valence-electron chi connectivity index (χ3n) is 4.16. The molecule has 2 N–H and O–H groups in total. The Morgan fingerprint density at radius 2 is 1.89 bits per heavy atom. The average Bonchev–Trinajstić information content (AvgIpc) is 2.82. The van der Waals surface area contributed by atoms with Gasteiger partial charge in [-0.25, -0.2) is 0 Å². The van der Waals surface area contributed by atoms with E-state index >= 15 is 0 Å². The lowest BCUT2D eigenvalue weighted by Gasteiger charge is -2.34. The second kappa shape index (κ2) is 4.65. The Hall–Kier alpha value is -1.48. The number of nitrogens with zero attached hydrogens (tertiary/aromatic N) is 1. The van der Waals surface area contributed by atoms with Crippen LogP contribution in [0.4, 0.5) is 5.69 Å². The van der Waals surface area contributed by atoms with E-state index in [9.17, 15) is 5.11 Å². The number of nitrogens with one attached hydrogen (secondary N) is 1. The predicted molar refractivity (Wildman–Crippen MR) is 75.0 cm³/mol. The Bertz CT molecular complexity index is 526. The van der Waals surface area contributed by atoms with Crippen LogP contribution in [0.15, 0.2) is 30.5 Å². The molecule has 0 unspecified atom stereocenters. The molecule has 0 bridgehead atoms. The monoisotopic (exact) mass is 244 g/mol. The molecule has 3 rings (SSSR count). The zero-order valence-corrected chi connectivity index (χ0v) is 10.8. The van der Waals surface area contributed by atoms with Crippen molar-refractivity contribution in [3.63, 3.8) is 0 Å². The summed E-state index contributed by atoms with van der Waals surface area (Å²) in [5, 5.41) is 10.9. The molecule has 96 valence electrons. The molecule has 18 heavy (non-hydrogen) atoms. The number of anilines is 1. The second-order valence-corrected chi connectivity index (χ2v) is 5.29. The Morgan fingerprint density at radius 3 is 2.67 bits per heavy atom. The zero-order chi connectivity index (χ0) is 12.5. The van der Waals surface area contributed by atoms with E-state index in [1.807, 2.05) is 0 Å². The molecule has 1 aliphatic rings. The van der Waals surface area contributed by atoms with Gasteiger partial charge in [0.15, 0.2) is 0 Å². The zero-order valence-electron chi connectivity index (χ0n) is 10.8. The molecule has 3 nitrogen and oxygen atoms in total. The number of hydrogen-bond donors (Lipinski definition) is 2. The topological polar surface area (TPSA) is 39.3 Å². The van der Waals surface area contributed by atoms with E-state index in [4.69, 9.17) is 0 Å². The van der Waals surface area contributed by atoms with E-state index in [0.29, 0.717) is 6.04 Å². The first-order valence-corrected chi connectivity index (χ1v) is 6.72. The van der Waals surface area contributed by atoms with Gasteiger partial charge in [-0.3, -0.25) is 0 Å². The summed E-state index contributed by atoms with van der Waals surface area (Å²) in [7, 11) is 2.16. The van der Waals surface area contributed by atoms with E-state index < -0.39 is 0 Å². The maximum absolute atomic E-state index is 9.59. The number of H-pyrrole nitrogens is 1. The van der Waals surface area contributed by atoms with Gasteiger partial charge in [0.05, 0.1) is 11.8 Å². The first-order valence-electron chi connectivity index (χ1n) is 6.72. The van der Waals surface area contributed by atoms with Gasteiger partial charge in [-0.05, 0) is 31.7 Å². The third kappa shape index (κ3) is 1.99. The van der Waals surface area contributed by atoms with Crippen LogP contribution in [0.1, 0.15) is 25.7 Å². The summed E-state index contributed by atoms with van der Waals surface area (Å²) in [6.45, 7) is 0. The lowest BCUT2D eigenvalue weighted by Crippen LogP contribution is -2.36. The normalized spacial score (nSPS) is 24.3. The van der Waals surface area contributed by atoms with E-state index in [1.165, 1.54) is 16.6 Å². The highest BCUT2D eigenvalue weighted by Gasteiger charge is 2.23. The second-order valence-electron chi connectivity index (χ2n) is 5.29. The van der Waals surface area contributed by atoms with Crippen LogP contribution < -0.4 is 4.90 Å². The van der Waals surface area contributed by atoms with E-state index in [1.54, 1.807) is 0 Å². The number of para-hydroxylation sites is 1. The van der Waals surface area contributed by atoms with Gasteiger partial charge < -0.3 is 15.0 Å². The Labute approximate surface area is 107 Å². The van der Waals surface area contributed by atoms with Crippen molar-refractivity contribution < 1.29 is 5.11 Å². The molecule has 0 aliphatic heterocycles. The van der Waals surface area contributed by atoms with Crippen LogP contribution in [0.5, 0.6) is 0 Å². The highest BCUT2D eigenvalue weighted by molar-refractivity contribution is 5.92. The summed E-state index contributed by atoms with van der Waals surface area (Å²) < 4.78 is 0.